The predicted octanol–water partition coefficient (Wildman–Crippen LogP) is 1.29. The van der Waals surface area contributed by atoms with Crippen LogP contribution in [-0.2, 0) is 24.2 Å². The highest BCUT2D eigenvalue weighted by atomic mass is 19.3. The highest BCUT2D eigenvalue weighted by Crippen LogP contribution is 2.47. The second kappa shape index (κ2) is 7.29. The van der Waals surface area contributed by atoms with Crippen LogP contribution in [0.1, 0.15) is 28.3 Å². The fourth-order valence-electron chi connectivity index (χ4n) is 3.37. The van der Waals surface area contributed by atoms with Gasteiger partial charge in [-0.1, -0.05) is 6.07 Å². The third-order valence-corrected chi connectivity index (χ3v) is 5.20. The number of carbonyl (C=O) groups is 2. The van der Waals surface area contributed by atoms with Gasteiger partial charge in [-0.3, -0.25) is 14.6 Å². The Morgan fingerprint density at radius 2 is 2.11 bits per heavy atom. The summed E-state index contributed by atoms with van der Waals surface area (Å²) in [4.78, 5) is 34.8. The summed E-state index contributed by atoms with van der Waals surface area (Å²) in [5.74, 6) is -3.10. The van der Waals surface area contributed by atoms with Crippen molar-refractivity contribution in [1.29, 1.82) is 0 Å². The van der Waals surface area contributed by atoms with Gasteiger partial charge in [0.05, 0.1) is 6.42 Å². The number of rotatable bonds is 5. The van der Waals surface area contributed by atoms with Gasteiger partial charge in [-0.15, -0.1) is 0 Å². The number of hydrogen-bond donors (Lipinski definition) is 1. The summed E-state index contributed by atoms with van der Waals surface area (Å²) in [5, 5.41) is 2.53. The van der Waals surface area contributed by atoms with Crippen molar-refractivity contribution in [2.75, 3.05) is 19.6 Å². The van der Waals surface area contributed by atoms with Crippen molar-refractivity contribution in [2.45, 2.75) is 31.7 Å². The first-order valence-corrected chi connectivity index (χ1v) is 9.31. The molecule has 1 atom stereocenters. The van der Waals surface area contributed by atoms with E-state index in [1.165, 1.54) is 0 Å². The average molecular weight is 389 g/mol. The van der Waals surface area contributed by atoms with E-state index in [-0.39, 0.29) is 24.6 Å². The number of fused-ring (bicyclic) bond motifs is 1. The molecule has 0 radical (unpaired) electrons. The fraction of sp³-hybridized carbons (Fsp3) is 0.474. The largest absolute Gasteiger partial charge is 0.350 e. The van der Waals surface area contributed by atoms with Crippen molar-refractivity contribution in [3.63, 3.8) is 0 Å². The molecule has 1 fully saturated rings. The number of imidazole rings is 1. The number of aromatic nitrogens is 3. The topological polar surface area (TPSA) is 80.1 Å². The SMILES string of the molecule is O=C(NCC1CC1(F)F)c1cn2c(n1)CCN(C(=O)Cc1cccnc1)CC2. The van der Waals surface area contributed by atoms with Crippen LogP contribution in [-0.4, -0.2) is 56.8 Å². The molecule has 2 aromatic heterocycles. The van der Waals surface area contributed by atoms with Crippen molar-refractivity contribution in [2.24, 2.45) is 5.92 Å². The maximum atomic E-state index is 12.9. The third kappa shape index (κ3) is 4.02. The molecule has 9 heteroatoms. The molecule has 2 aliphatic rings. The Morgan fingerprint density at radius 1 is 1.29 bits per heavy atom. The van der Waals surface area contributed by atoms with E-state index >= 15 is 0 Å². The van der Waals surface area contributed by atoms with Crippen molar-refractivity contribution in [3.05, 3.63) is 47.8 Å². The lowest BCUT2D eigenvalue weighted by Gasteiger charge is -2.20. The zero-order valence-electron chi connectivity index (χ0n) is 15.3. The molecule has 1 aliphatic heterocycles. The zero-order valence-corrected chi connectivity index (χ0v) is 15.3. The lowest BCUT2D eigenvalue weighted by Crippen LogP contribution is -2.34. The van der Waals surface area contributed by atoms with Crippen LogP contribution in [0.2, 0.25) is 0 Å². The molecular weight excluding hydrogens is 368 g/mol. The Hall–Kier alpha value is -2.84. The number of hydrogen-bond acceptors (Lipinski definition) is 4. The van der Waals surface area contributed by atoms with Gasteiger partial charge >= 0.3 is 0 Å². The van der Waals surface area contributed by atoms with Crippen LogP contribution in [0.5, 0.6) is 0 Å². The highest BCUT2D eigenvalue weighted by Gasteiger charge is 2.56. The summed E-state index contributed by atoms with van der Waals surface area (Å²) in [7, 11) is 0. The average Bonchev–Trinajstić information content (AvgIpc) is 3.17. The second-order valence-corrected chi connectivity index (χ2v) is 7.28. The van der Waals surface area contributed by atoms with E-state index in [9.17, 15) is 18.4 Å². The van der Waals surface area contributed by atoms with Gasteiger partial charge in [0.2, 0.25) is 5.91 Å². The minimum atomic E-state index is -2.65. The molecule has 1 unspecified atom stereocenters. The zero-order chi connectivity index (χ0) is 19.7. The highest BCUT2D eigenvalue weighted by molar-refractivity contribution is 5.92. The Labute approximate surface area is 160 Å². The third-order valence-electron chi connectivity index (χ3n) is 5.20. The van der Waals surface area contributed by atoms with Gasteiger partial charge in [0, 0.05) is 63.5 Å². The molecule has 4 rings (SSSR count). The summed E-state index contributed by atoms with van der Waals surface area (Å²) < 4.78 is 27.7. The lowest BCUT2D eigenvalue weighted by molar-refractivity contribution is -0.130. The first-order chi connectivity index (χ1) is 13.4. The number of nitrogens with zero attached hydrogens (tertiary/aromatic N) is 4. The van der Waals surface area contributed by atoms with Crippen LogP contribution in [0, 0.1) is 5.92 Å². The molecular formula is C19H21F2N5O2. The first-order valence-electron chi connectivity index (χ1n) is 9.31. The summed E-state index contributed by atoms with van der Waals surface area (Å²) >= 11 is 0. The molecule has 1 N–H and O–H groups in total. The summed E-state index contributed by atoms with van der Waals surface area (Å²) in [5.41, 5.74) is 1.10. The molecule has 0 spiro atoms. The van der Waals surface area contributed by atoms with Crippen molar-refractivity contribution in [1.82, 2.24) is 24.8 Å². The lowest BCUT2D eigenvalue weighted by atomic mass is 10.2. The summed E-state index contributed by atoms with van der Waals surface area (Å²) in [6.07, 6.45) is 5.65. The summed E-state index contributed by atoms with van der Waals surface area (Å²) in [6.45, 7) is 1.54. The quantitative estimate of drug-likeness (QED) is 0.836. The van der Waals surface area contributed by atoms with Gasteiger partial charge in [-0.05, 0) is 11.6 Å². The number of nitrogens with one attached hydrogen (secondary N) is 1. The van der Waals surface area contributed by atoms with E-state index in [4.69, 9.17) is 0 Å². The van der Waals surface area contributed by atoms with E-state index in [0.717, 1.165) is 11.4 Å². The van der Waals surface area contributed by atoms with Gasteiger partial charge in [-0.25, -0.2) is 13.8 Å². The standard InChI is InChI=1S/C19H21F2N5O2/c20-19(21)9-14(19)11-23-18(28)15-12-26-7-6-25(5-3-16(26)24-15)17(27)8-13-2-1-4-22-10-13/h1-2,4,10,12,14H,3,5-9,11H2,(H,23,28). The monoisotopic (exact) mass is 389 g/mol. The molecule has 2 amide bonds. The van der Waals surface area contributed by atoms with Crippen LogP contribution in [0.4, 0.5) is 8.78 Å². The van der Waals surface area contributed by atoms with Gasteiger partial charge in [-0.2, -0.15) is 0 Å². The molecule has 1 saturated carbocycles. The van der Waals surface area contributed by atoms with Crippen molar-refractivity contribution >= 4 is 11.8 Å². The second-order valence-electron chi connectivity index (χ2n) is 7.28. The molecule has 2 aromatic rings. The first kappa shape index (κ1) is 18.5. The van der Waals surface area contributed by atoms with Crippen LogP contribution in [0.3, 0.4) is 0 Å². The van der Waals surface area contributed by atoms with Gasteiger partial charge < -0.3 is 14.8 Å². The molecule has 1 aliphatic carbocycles. The smallest absolute Gasteiger partial charge is 0.271 e. The minimum absolute atomic E-state index is 0.0297. The molecule has 3 heterocycles. The van der Waals surface area contributed by atoms with Crippen LogP contribution in [0.25, 0.3) is 0 Å². The van der Waals surface area contributed by atoms with E-state index in [1.807, 2.05) is 10.6 Å². The molecule has 0 aromatic carbocycles. The molecule has 0 bridgehead atoms. The normalized spacial score (nSPS) is 20.2. The molecule has 148 valence electrons. The Morgan fingerprint density at radius 3 is 2.82 bits per heavy atom. The van der Waals surface area contributed by atoms with E-state index in [2.05, 4.69) is 15.3 Å². The Bertz CT molecular complexity index is 858. The van der Waals surface area contributed by atoms with Gasteiger partial charge in [0.15, 0.2) is 0 Å². The summed E-state index contributed by atoms with van der Waals surface area (Å²) in [6, 6.07) is 3.67. The van der Waals surface area contributed by atoms with E-state index < -0.39 is 17.7 Å². The molecule has 28 heavy (non-hydrogen) atoms. The van der Waals surface area contributed by atoms with Crippen LogP contribution < -0.4 is 5.32 Å². The fourth-order valence-corrected chi connectivity index (χ4v) is 3.37. The number of halogens is 2. The van der Waals surface area contributed by atoms with Gasteiger partial charge in [0.1, 0.15) is 11.5 Å². The Kier molecular flexibility index (Phi) is 4.82. The maximum Gasteiger partial charge on any atom is 0.271 e. The van der Waals surface area contributed by atoms with E-state index in [1.54, 1.807) is 29.6 Å². The molecule has 0 saturated heterocycles. The number of amides is 2. The molecule has 7 nitrogen and oxygen atoms in total. The Balaban J connectivity index is 1.32. The number of pyridine rings is 1. The van der Waals surface area contributed by atoms with Crippen LogP contribution in [0.15, 0.2) is 30.7 Å². The van der Waals surface area contributed by atoms with E-state index in [0.29, 0.717) is 32.5 Å². The van der Waals surface area contributed by atoms with Gasteiger partial charge in [0.25, 0.3) is 11.8 Å². The van der Waals surface area contributed by atoms with Crippen molar-refractivity contribution in [3.8, 4) is 0 Å². The minimum Gasteiger partial charge on any atom is -0.350 e. The number of alkyl halides is 2. The number of carbonyl (C=O) groups excluding carboxylic acids is 2. The van der Waals surface area contributed by atoms with Crippen molar-refractivity contribution < 1.29 is 18.4 Å². The van der Waals surface area contributed by atoms with Crippen LogP contribution >= 0.6 is 0 Å². The maximum absolute atomic E-state index is 12.9. The predicted molar refractivity (Wildman–Crippen MR) is 95.8 cm³/mol.